The number of carbonyl (C=O) groups is 1. The maximum atomic E-state index is 13.8. The zero-order valence-electron chi connectivity index (χ0n) is 21.3. The first kappa shape index (κ1) is 27.6. The Morgan fingerprint density at radius 1 is 1.14 bits per heavy atom. The van der Waals surface area contributed by atoms with Crippen LogP contribution in [0.5, 0.6) is 11.5 Å². The number of aliphatic hydroxyl groups is 1. The highest BCUT2D eigenvalue weighted by Gasteiger charge is 2.26. The van der Waals surface area contributed by atoms with Crippen LogP contribution in [0.4, 0.5) is 4.39 Å². The monoisotopic (exact) mass is 502 g/mol. The second kappa shape index (κ2) is 13.4. The molecule has 1 N–H and O–H groups in total. The van der Waals surface area contributed by atoms with E-state index in [-0.39, 0.29) is 24.8 Å². The summed E-state index contributed by atoms with van der Waals surface area (Å²) in [5, 5.41) is 10.0. The van der Waals surface area contributed by atoms with Gasteiger partial charge in [-0.05, 0) is 46.9 Å². The van der Waals surface area contributed by atoms with Crippen molar-refractivity contribution in [3.8, 4) is 22.6 Å². The summed E-state index contributed by atoms with van der Waals surface area (Å²) in [6, 6.07) is 8.11. The fraction of sp³-hybridized carbons (Fsp3) is 0.464. The van der Waals surface area contributed by atoms with E-state index in [9.17, 15) is 14.3 Å². The fourth-order valence-electron chi connectivity index (χ4n) is 4.11. The maximum Gasteiger partial charge on any atom is 0.309 e. The van der Waals surface area contributed by atoms with E-state index in [1.165, 1.54) is 12.1 Å². The summed E-state index contributed by atoms with van der Waals surface area (Å²) in [5.74, 6) is 0.387. The summed E-state index contributed by atoms with van der Waals surface area (Å²) in [7, 11) is 3.19. The number of hydrogen-bond acceptors (Lipinski definition) is 7. The third-order valence-electron chi connectivity index (χ3n) is 5.87. The van der Waals surface area contributed by atoms with Crippen molar-refractivity contribution < 1.29 is 38.0 Å². The van der Waals surface area contributed by atoms with Gasteiger partial charge < -0.3 is 28.8 Å². The summed E-state index contributed by atoms with van der Waals surface area (Å²) in [6.45, 7) is 5.69. The van der Waals surface area contributed by atoms with E-state index in [1.807, 2.05) is 12.1 Å². The minimum atomic E-state index is -0.741. The molecule has 2 aromatic carbocycles. The van der Waals surface area contributed by atoms with Crippen molar-refractivity contribution in [1.29, 1.82) is 0 Å². The molecule has 2 aromatic rings. The summed E-state index contributed by atoms with van der Waals surface area (Å²) < 4.78 is 41.6. The lowest BCUT2D eigenvalue weighted by Crippen LogP contribution is -2.31. The molecule has 1 saturated heterocycles. The number of cyclic esters (lactones) is 1. The van der Waals surface area contributed by atoms with Crippen LogP contribution in [0.1, 0.15) is 43.7 Å². The average molecular weight is 503 g/mol. The van der Waals surface area contributed by atoms with Crippen LogP contribution >= 0.6 is 0 Å². The van der Waals surface area contributed by atoms with E-state index in [4.69, 9.17) is 23.7 Å². The predicted octanol–water partition coefficient (Wildman–Crippen LogP) is 4.75. The average Bonchev–Trinajstić information content (AvgIpc) is 2.84. The first-order valence-electron chi connectivity index (χ1n) is 12.1. The largest absolute Gasteiger partial charge is 0.493 e. The molecule has 0 radical (unpaired) electrons. The van der Waals surface area contributed by atoms with Gasteiger partial charge in [-0.15, -0.1) is 0 Å². The lowest BCUT2D eigenvalue weighted by Gasteiger charge is -2.25. The van der Waals surface area contributed by atoms with Crippen molar-refractivity contribution in [3.05, 3.63) is 53.4 Å². The third kappa shape index (κ3) is 7.29. The normalized spacial score (nSPS) is 18.0. The molecule has 8 heteroatoms. The molecule has 0 aromatic heterocycles. The van der Waals surface area contributed by atoms with E-state index >= 15 is 0 Å². The second-order valence-electron chi connectivity index (χ2n) is 8.88. The van der Waals surface area contributed by atoms with Crippen LogP contribution in [0.25, 0.3) is 17.2 Å². The molecule has 1 fully saturated rings. The molecular weight excluding hydrogens is 467 g/mol. The maximum absolute atomic E-state index is 13.8. The van der Waals surface area contributed by atoms with Gasteiger partial charge in [-0.2, -0.15) is 0 Å². The third-order valence-corrected chi connectivity index (χ3v) is 5.87. The van der Waals surface area contributed by atoms with Crippen LogP contribution in [0.2, 0.25) is 0 Å². The number of aliphatic hydroxyl groups excluding tert-OH is 1. The van der Waals surface area contributed by atoms with Crippen LogP contribution in [-0.2, 0) is 19.0 Å². The first-order valence-corrected chi connectivity index (χ1v) is 12.1. The molecule has 0 saturated carbocycles. The van der Waals surface area contributed by atoms with Crippen LogP contribution in [0, 0.1) is 5.82 Å². The summed E-state index contributed by atoms with van der Waals surface area (Å²) >= 11 is 0. The highest BCUT2D eigenvalue weighted by Crippen LogP contribution is 2.45. The second-order valence-corrected chi connectivity index (χ2v) is 8.88. The Bertz CT molecular complexity index is 1030. The number of halogens is 1. The van der Waals surface area contributed by atoms with Crippen molar-refractivity contribution in [1.82, 2.24) is 0 Å². The molecular formula is C28H35FO7. The number of rotatable bonds is 12. The molecule has 0 aliphatic carbocycles. The van der Waals surface area contributed by atoms with Crippen molar-refractivity contribution in [2.24, 2.45) is 0 Å². The predicted molar refractivity (Wildman–Crippen MR) is 135 cm³/mol. The molecule has 36 heavy (non-hydrogen) atoms. The Morgan fingerprint density at radius 3 is 2.50 bits per heavy atom. The van der Waals surface area contributed by atoms with Gasteiger partial charge in [0.1, 0.15) is 18.5 Å². The molecule has 0 bridgehead atoms. The summed E-state index contributed by atoms with van der Waals surface area (Å²) in [6.07, 6.45) is 2.68. The molecule has 1 aliphatic heterocycles. The summed E-state index contributed by atoms with van der Waals surface area (Å²) in [5.41, 5.74) is 3.29. The van der Waals surface area contributed by atoms with Gasteiger partial charge in [-0.25, -0.2) is 4.39 Å². The smallest absolute Gasteiger partial charge is 0.309 e. The lowest BCUT2D eigenvalue weighted by molar-refractivity contribution is -0.156. The highest BCUT2D eigenvalue weighted by atomic mass is 19.1. The Hall–Kier alpha value is -2.94. The zero-order valence-corrected chi connectivity index (χ0v) is 21.3. The van der Waals surface area contributed by atoms with Gasteiger partial charge in [0.25, 0.3) is 0 Å². The van der Waals surface area contributed by atoms with Crippen LogP contribution in [0.3, 0.4) is 0 Å². The molecule has 196 valence electrons. The Labute approximate surface area is 211 Å². The molecule has 3 rings (SSSR count). The van der Waals surface area contributed by atoms with Crippen LogP contribution < -0.4 is 9.47 Å². The molecule has 0 spiro atoms. The Morgan fingerprint density at radius 2 is 1.86 bits per heavy atom. The van der Waals surface area contributed by atoms with Gasteiger partial charge >= 0.3 is 5.97 Å². The molecule has 2 atom stereocenters. The Balaban J connectivity index is 2.08. The van der Waals surface area contributed by atoms with E-state index in [0.717, 1.165) is 22.3 Å². The number of methoxy groups -OCH3 is 2. The number of carbonyl (C=O) groups excluding carboxylic acids is 1. The SMILES string of the molecule is COCCOCCOc1c(OC)cc(C(C)C)c(/C=C/[C@@H]2C[C@@H](O)CC(=O)O2)c1-c1ccc(F)cc1. The number of hydrogen-bond donors (Lipinski definition) is 1. The first-order chi connectivity index (χ1) is 17.3. The summed E-state index contributed by atoms with van der Waals surface area (Å²) in [4.78, 5) is 11.8. The van der Waals surface area contributed by atoms with Gasteiger partial charge in [-0.1, -0.05) is 32.1 Å². The van der Waals surface area contributed by atoms with E-state index < -0.39 is 18.2 Å². The number of benzene rings is 2. The van der Waals surface area contributed by atoms with E-state index in [2.05, 4.69) is 13.8 Å². The van der Waals surface area contributed by atoms with E-state index in [0.29, 0.717) is 37.7 Å². The van der Waals surface area contributed by atoms with E-state index in [1.54, 1.807) is 32.4 Å². The van der Waals surface area contributed by atoms with Crippen LogP contribution in [0.15, 0.2) is 36.4 Å². The van der Waals surface area contributed by atoms with Crippen molar-refractivity contribution >= 4 is 12.0 Å². The number of esters is 1. The minimum absolute atomic E-state index is 0.00457. The van der Waals surface area contributed by atoms with Gasteiger partial charge in [-0.3, -0.25) is 4.79 Å². The molecule has 0 amide bonds. The van der Waals surface area contributed by atoms with Gasteiger partial charge in [0.15, 0.2) is 11.5 Å². The number of ether oxygens (including phenoxy) is 5. The minimum Gasteiger partial charge on any atom is -0.493 e. The van der Waals surface area contributed by atoms with Gasteiger partial charge in [0, 0.05) is 19.1 Å². The quantitative estimate of drug-likeness (QED) is 0.331. The standard InChI is InChI=1S/C28H35FO7/c1-18(2)24-17-25(33-4)28(35-14-13-34-12-11-32-3)27(19-5-7-20(29)8-6-19)23(24)10-9-22-15-21(30)16-26(31)36-22/h5-10,17-18,21-22,30H,11-16H2,1-4H3/b10-9+/t21-,22-/m1/s1. The molecule has 0 unspecified atom stereocenters. The van der Waals surface area contributed by atoms with Gasteiger partial charge in [0.2, 0.25) is 0 Å². The zero-order chi connectivity index (χ0) is 26.1. The van der Waals surface area contributed by atoms with Crippen molar-refractivity contribution in [2.45, 2.75) is 44.8 Å². The molecule has 1 heterocycles. The fourth-order valence-corrected chi connectivity index (χ4v) is 4.11. The Kier molecular flexibility index (Phi) is 10.3. The van der Waals surface area contributed by atoms with Crippen LogP contribution in [-0.4, -0.2) is 63.9 Å². The van der Waals surface area contributed by atoms with Gasteiger partial charge in [0.05, 0.1) is 39.5 Å². The van der Waals surface area contributed by atoms with Crippen molar-refractivity contribution in [3.63, 3.8) is 0 Å². The molecule has 7 nitrogen and oxygen atoms in total. The molecule has 1 aliphatic rings. The van der Waals surface area contributed by atoms with Crippen molar-refractivity contribution in [2.75, 3.05) is 40.6 Å². The lowest BCUT2D eigenvalue weighted by atomic mass is 9.88. The topological polar surface area (TPSA) is 83.5 Å². The highest BCUT2D eigenvalue weighted by molar-refractivity contribution is 5.85.